The van der Waals surface area contributed by atoms with Gasteiger partial charge < -0.3 is 5.73 Å². The van der Waals surface area contributed by atoms with Crippen molar-refractivity contribution in [1.29, 1.82) is 0 Å². The standard InChI is InChI=1S/C12H13F2N3/c1-7-3-4-8(13)10(11(7)14)12(15)9-5-6-16-17(9)2/h3-6,12H,15H2,1-2H3. The summed E-state index contributed by atoms with van der Waals surface area (Å²) in [5, 5.41) is 3.94. The summed E-state index contributed by atoms with van der Waals surface area (Å²) in [6, 6.07) is 3.40. The molecule has 0 saturated carbocycles. The van der Waals surface area contributed by atoms with E-state index in [1.54, 1.807) is 26.2 Å². The second-order valence-electron chi connectivity index (χ2n) is 3.95. The quantitative estimate of drug-likeness (QED) is 0.868. The lowest BCUT2D eigenvalue weighted by Crippen LogP contribution is -2.19. The molecule has 1 atom stereocenters. The molecule has 0 amide bonds. The summed E-state index contributed by atoms with van der Waals surface area (Å²) in [6.45, 7) is 1.58. The number of halogens is 2. The third kappa shape index (κ3) is 1.93. The first-order valence-corrected chi connectivity index (χ1v) is 5.20. The van der Waals surface area contributed by atoms with Crippen molar-refractivity contribution in [2.45, 2.75) is 13.0 Å². The second-order valence-corrected chi connectivity index (χ2v) is 3.95. The molecule has 90 valence electrons. The normalized spacial score (nSPS) is 12.8. The fraction of sp³-hybridized carbons (Fsp3) is 0.250. The zero-order chi connectivity index (χ0) is 12.6. The fourth-order valence-electron chi connectivity index (χ4n) is 1.80. The lowest BCUT2D eigenvalue weighted by molar-refractivity contribution is 0.528. The predicted molar refractivity (Wildman–Crippen MR) is 60.3 cm³/mol. The van der Waals surface area contributed by atoms with E-state index in [4.69, 9.17) is 5.73 Å². The first-order valence-electron chi connectivity index (χ1n) is 5.20. The minimum atomic E-state index is -0.859. The van der Waals surface area contributed by atoms with Crippen LogP contribution in [0.4, 0.5) is 8.78 Å². The van der Waals surface area contributed by atoms with Crippen LogP contribution in [0.3, 0.4) is 0 Å². The second kappa shape index (κ2) is 4.25. The van der Waals surface area contributed by atoms with Crippen LogP contribution in [0, 0.1) is 18.6 Å². The van der Waals surface area contributed by atoms with Crippen molar-refractivity contribution in [3.05, 3.63) is 52.9 Å². The Morgan fingerprint density at radius 3 is 2.59 bits per heavy atom. The van der Waals surface area contributed by atoms with E-state index in [1.807, 2.05) is 0 Å². The average Bonchev–Trinajstić information content (AvgIpc) is 2.70. The molecular weight excluding hydrogens is 224 g/mol. The van der Waals surface area contributed by atoms with Crippen LogP contribution >= 0.6 is 0 Å². The Morgan fingerprint density at radius 1 is 1.29 bits per heavy atom. The fourth-order valence-corrected chi connectivity index (χ4v) is 1.80. The van der Waals surface area contributed by atoms with Crippen molar-refractivity contribution < 1.29 is 8.78 Å². The van der Waals surface area contributed by atoms with Crippen LogP contribution in [0.25, 0.3) is 0 Å². The lowest BCUT2D eigenvalue weighted by atomic mass is 10.0. The van der Waals surface area contributed by atoms with E-state index in [1.165, 1.54) is 16.8 Å². The lowest BCUT2D eigenvalue weighted by Gasteiger charge is -2.15. The van der Waals surface area contributed by atoms with E-state index >= 15 is 0 Å². The Hall–Kier alpha value is -1.75. The maximum Gasteiger partial charge on any atom is 0.134 e. The van der Waals surface area contributed by atoms with Crippen LogP contribution in [0.1, 0.15) is 22.9 Å². The summed E-state index contributed by atoms with van der Waals surface area (Å²) in [5.41, 5.74) is 6.71. The zero-order valence-corrected chi connectivity index (χ0v) is 9.61. The summed E-state index contributed by atoms with van der Waals surface area (Å²) < 4.78 is 29.0. The predicted octanol–water partition coefficient (Wildman–Crippen LogP) is 2.05. The Morgan fingerprint density at radius 2 is 2.00 bits per heavy atom. The molecule has 2 aromatic rings. The Balaban J connectivity index is 2.55. The van der Waals surface area contributed by atoms with Crippen molar-refractivity contribution in [2.24, 2.45) is 12.8 Å². The molecule has 17 heavy (non-hydrogen) atoms. The van der Waals surface area contributed by atoms with Crippen LogP contribution in [-0.2, 0) is 7.05 Å². The van der Waals surface area contributed by atoms with Crippen molar-refractivity contribution in [3.8, 4) is 0 Å². The van der Waals surface area contributed by atoms with E-state index in [0.717, 1.165) is 0 Å². The van der Waals surface area contributed by atoms with Gasteiger partial charge in [0, 0.05) is 18.8 Å². The van der Waals surface area contributed by atoms with E-state index in [2.05, 4.69) is 5.10 Å². The van der Waals surface area contributed by atoms with Gasteiger partial charge in [0.2, 0.25) is 0 Å². The third-order valence-electron chi connectivity index (χ3n) is 2.81. The number of aromatic nitrogens is 2. The Kier molecular flexibility index (Phi) is 2.93. The van der Waals surface area contributed by atoms with Crippen LogP contribution in [0.5, 0.6) is 0 Å². The molecule has 0 aliphatic carbocycles. The van der Waals surface area contributed by atoms with Crippen LogP contribution in [0.2, 0.25) is 0 Å². The van der Waals surface area contributed by atoms with Crippen molar-refractivity contribution in [2.75, 3.05) is 0 Å². The van der Waals surface area contributed by atoms with Gasteiger partial charge in [0.1, 0.15) is 11.6 Å². The number of aryl methyl sites for hydroxylation is 2. The largest absolute Gasteiger partial charge is 0.319 e. The Bertz CT molecular complexity index is 549. The van der Waals surface area contributed by atoms with E-state index in [9.17, 15) is 8.78 Å². The molecule has 0 bridgehead atoms. The molecule has 3 nitrogen and oxygen atoms in total. The molecule has 1 aromatic heterocycles. The van der Waals surface area contributed by atoms with Gasteiger partial charge in [-0.2, -0.15) is 5.10 Å². The van der Waals surface area contributed by atoms with E-state index < -0.39 is 17.7 Å². The topological polar surface area (TPSA) is 43.8 Å². The molecule has 0 saturated heterocycles. The monoisotopic (exact) mass is 237 g/mol. The molecule has 0 spiro atoms. The van der Waals surface area contributed by atoms with Crippen molar-refractivity contribution in [1.82, 2.24) is 9.78 Å². The molecule has 0 radical (unpaired) electrons. The van der Waals surface area contributed by atoms with Gasteiger partial charge in [0.15, 0.2) is 0 Å². The number of benzene rings is 1. The number of hydrogen-bond donors (Lipinski definition) is 1. The first kappa shape index (κ1) is 11.7. The van der Waals surface area contributed by atoms with Gasteiger partial charge in [-0.3, -0.25) is 4.68 Å². The first-order chi connectivity index (χ1) is 8.02. The third-order valence-corrected chi connectivity index (χ3v) is 2.81. The minimum Gasteiger partial charge on any atom is -0.319 e. The average molecular weight is 237 g/mol. The van der Waals surface area contributed by atoms with Crippen LogP contribution < -0.4 is 5.73 Å². The molecule has 1 aromatic carbocycles. The number of nitrogens with two attached hydrogens (primary N) is 1. The maximum absolute atomic E-state index is 13.9. The molecular formula is C12H13F2N3. The maximum atomic E-state index is 13.9. The molecule has 0 aliphatic rings. The van der Waals surface area contributed by atoms with Gasteiger partial charge in [-0.25, -0.2) is 8.78 Å². The van der Waals surface area contributed by atoms with Gasteiger partial charge >= 0.3 is 0 Å². The van der Waals surface area contributed by atoms with Crippen molar-refractivity contribution >= 4 is 0 Å². The van der Waals surface area contributed by atoms with Gasteiger partial charge in [0.25, 0.3) is 0 Å². The van der Waals surface area contributed by atoms with Gasteiger partial charge in [0.05, 0.1) is 11.7 Å². The SMILES string of the molecule is Cc1ccc(F)c(C(N)c2ccnn2C)c1F. The highest BCUT2D eigenvalue weighted by atomic mass is 19.1. The highest BCUT2D eigenvalue weighted by Crippen LogP contribution is 2.26. The van der Waals surface area contributed by atoms with Gasteiger partial charge in [-0.15, -0.1) is 0 Å². The molecule has 2 N–H and O–H groups in total. The number of nitrogens with zero attached hydrogens (tertiary/aromatic N) is 2. The summed E-state index contributed by atoms with van der Waals surface area (Å²) in [4.78, 5) is 0. The molecule has 1 heterocycles. The summed E-state index contributed by atoms with van der Waals surface area (Å²) in [5.74, 6) is -1.24. The van der Waals surface area contributed by atoms with E-state index in [0.29, 0.717) is 11.3 Å². The number of hydrogen-bond acceptors (Lipinski definition) is 2. The van der Waals surface area contributed by atoms with Gasteiger partial charge in [-0.05, 0) is 24.6 Å². The molecule has 2 rings (SSSR count). The zero-order valence-electron chi connectivity index (χ0n) is 9.61. The molecule has 5 heteroatoms. The highest BCUT2D eigenvalue weighted by Gasteiger charge is 2.21. The van der Waals surface area contributed by atoms with Crippen molar-refractivity contribution in [3.63, 3.8) is 0 Å². The summed E-state index contributed by atoms with van der Waals surface area (Å²) >= 11 is 0. The number of rotatable bonds is 2. The van der Waals surface area contributed by atoms with Crippen LogP contribution in [0.15, 0.2) is 24.4 Å². The molecule has 1 unspecified atom stereocenters. The van der Waals surface area contributed by atoms with Gasteiger partial charge in [-0.1, -0.05) is 6.07 Å². The summed E-state index contributed by atoms with van der Waals surface area (Å²) in [6.07, 6.45) is 1.54. The Labute approximate surface area is 97.9 Å². The van der Waals surface area contributed by atoms with E-state index in [-0.39, 0.29) is 5.56 Å². The minimum absolute atomic E-state index is 0.117. The molecule has 0 fully saturated rings. The smallest absolute Gasteiger partial charge is 0.134 e. The summed E-state index contributed by atoms with van der Waals surface area (Å²) in [7, 11) is 1.68. The molecule has 0 aliphatic heterocycles. The van der Waals surface area contributed by atoms with Crippen LogP contribution in [-0.4, -0.2) is 9.78 Å². The highest BCUT2D eigenvalue weighted by molar-refractivity contribution is 5.33.